The molecule has 0 heterocycles. The number of amides is 3. The largest absolute Gasteiger partial charge is 0.325 e. The van der Waals surface area contributed by atoms with Gasteiger partial charge in [0, 0.05) is 26.9 Å². The molecule has 6 nitrogen and oxygen atoms in total. The molecule has 190 valence electrons. The Balaban J connectivity index is 1.38. The minimum absolute atomic E-state index is 0.112. The summed E-state index contributed by atoms with van der Waals surface area (Å²) in [6, 6.07) is 32.1. The van der Waals surface area contributed by atoms with Crippen molar-refractivity contribution >= 4 is 58.5 Å². The van der Waals surface area contributed by atoms with Crippen molar-refractivity contribution in [2.45, 2.75) is 4.90 Å². The van der Waals surface area contributed by atoms with Gasteiger partial charge in [-0.1, -0.05) is 66.2 Å². The van der Waals surface area contributed by atoms with Gasteiger partial charge in [0.2, 0.25) is 5.91 Å². The van der Waals surface area contributed by atoms with Crippen molar-refractivity contribution in [2.24, 2.45) is 0 Å². The molecule has 4 aromatic rings. The highest BCUT2D eigenvalue weighted by molar-refractivity contribution is 8.00. The maximum absolute atomic E-state index is 13.1. The molecule has 3 N–H and O–H groups in total. The van der Waals surface area contributed by atoms with E-state index in [0.717, 1.165) is 10.5 Å². The summed E-state index contributed by atoms with van der Waals surface area (Å²) in [5, 5.41) is 8.91. The molecular weight excluding hydrogens is 518 g/mol. The molecule has 0 aromatic heterocycles. The first-order valence-electron chi connectivity index (χ1n) is 11.7. The van der Waals surface area contributed by atoms with Gasteiger partial charge in [-0.25, -0.2) is 0 Å². The number of rotatable bonds is 9. The van der Waals surface area contributed by atoms with Gasteiger partial charge in [0.05, 0.1) is 5.75 Å². The fourth-order valence-corrected chi connectivity index (χ4v) is 4.29. The van der Waals surface area contributed by atoms with Crippen LogP contribution < -0.4 is 16.0 Å². The number of carbonyl (C=O) groups excluding carboxylic acids is 3. The van der Waals surface area contributed by atoms with Gasteiger partial charge in [0.1, 0.15) is 5.70 Å². The predicted octanol–water partition coefficient (Wildman–Crippen LogP) is 6.48. The Kier molecular flexibility index (Phi) is 9.34. The number of thioether (sulfide) groups is 1. The molecule has 0 aliphatic heterocycles. The molecule has 0 atom stereocenters. The molecule has 38 heavy (non-hydrogen) atoms. The standard InChI is InChI=1S/C30H24ClN3O3S/c31-23-12-7-13-25(19-23)32-28(35)20-38-26-16-14-24(15-17-26)33-30(37)27(18-21-8-3-1-4-9-21)34-29(36)22-10-5-2-6-11-22/h1-19H,20H2,(H,32,35)(H,33,37)(H,34,36)/b27-18-. The van der Waals surface area contributed by atoms with Gasteiger partial charge in [-0.05, 0) is 66.2 Å². The Morgan fingerprint density at radius 3 is 2.11 bits per heavy atom. The van der Waals surface area contributed by atoms with Gasteiger partial charge < -0.3 is 16.0 Å². The molecule has 0 spiro atoms. The molecule has 0 unspecified atom stereocenters. The topological polar surface area (TPSA) is 87.3 Å². The lowest BCUT2D eigenvalue weighted by Crippen LogP contribution is -2.30. The second-order valence-corrected chi connectivity index (χ2v) is 9.60. The van der Waals surface area contributed by atoms with Crippen LogP contribution in [-0.4, -0.2) is 23.5 Å². The molecule has 0 saturated heterocycles. The minimum atomic E-state index is -0.459. The fourth-order valence-electron chi connectivity index (χ4n) is 3.40. The summed E-state index contributed by atoms with van der Waals surface area (Å²) in [5.74, 6) is -0.780. The highest BCUT2D eigenvalue weighted by Gasteiger charge is 2.15. The number of hydrogen-bond acceptors (Lipinski definition) is 4. The van der Waals surface area contributed by atoms with Crippen LogP contribution in [0.5, 0.6) is 0 Å². The van der Waals surface area contributed by atoms with Crippen molar-refractivity contribution in [3.63, 3.8) is 0 Å². The van der Waals surface area contributed by atoms with Crippen molar-refractivity contribution in [3.8, 4) is 0 Å². The molecule has 4 aromatic carbocycles. The molecule has 4 rings (SSSR count). The van der Waals surface area contributed by atoms with Crippen LogP contribution in [0.3, 0.4) is 0 Å². The van der Waals surface area contributed by atoms with E-state index >= 15 is 0 Å². The molecular formula is C30H24ClN3O3S. The van der Waals surface area contributed by atoms with Crippen molar-refractivity contribution in [1.29, 1.82) is 0 Å². The van der Waals surface area contributed by atoms with E-state index < -0.39 is 5.91 Å². The number of hydrogen-bond donors (Lipinski definition) is 3. The Morgan fingerprint density at radius 2 is 1.42 bits per heavy atom. The van der Waals surface area contributed by atoms with Crippen molar-refractivity contribution < 1.29 is 14.4 Å². The van der Waals surface area contributed by atoms with Gasteiger partial charge in [-0.2, -0.15) is 0 Å². The highest BCUT2D eigenvalue weighted by Crippen LogP contribution is 2.22. The predicted molar refractivity (Wildman–Crippen MR) is 154 cm³/mol. The molecule has 0 saturated carbocycles. The first-order chi connectivity index (χ1) is 18.5. The van der Waals surface area contributed by atoms with Crippen LogP contribution in [0.2, 0.25) is 5.02 Å². The maximum atomic E-state index is 13.1. The number of anilines is 2. The Morgan fingerprint density at radius 1 is 0.737 bits per heavy atom. The summed E-state index contributed by atoms with van der Waals surface area (Å²) in [6.07, 6.45) is 1.62. The molecule has 8 heteroatoms. The molecule has 0 fully saturated rings. The van der Waals surface area contributed by atoms with Crippen molar-refractivity contribution in [1.82, 2.24) is 5.32 Å². The molecule has 0 aliphatic carbocycles. The fraction of sp³-hybridized carbons (Fsp3) is 0.0333. The van der Waals surface area contributed by atoms with Crippen LogP contribution >= 0.6 is 23.4 Å². The van der Waals surface area contributed by atoms with Crippen LogP contribution in [0, 0.1) is 0 Å². The van der Waals surface area contributed by atoms with E-state index in [4.69, 9.17) is 11.6 Å². The second kappa shape index (κ2) is 13.3. The lowest BCUT2D eigenvalue weighted by molar-refractivity contribution is -0.114. The van der Waals surface area contributed by atoms with Crippen molar-refractivity contribution in [3.05, 3.63) is 131 Å². The van der Waals surface area contributed by atoms with E-state index in [1.807, 2.05) is 48.5 Å². The third-order valence-electron chi connectivity index (χ3n) is 5.23. The van der Waals surface area contributed by atoms with Crippen LogP contribution in [0.1, 0.15) is 15.9 Å². The first kappa shape index (κ1) is 26.7. The molecule has 3 amide bonds. The zero-order valence-electron chi connectivity index (χ0n) is 20.2. The lowest BCUT2D eigenvalue weighted by atomic mass is 10.1. The molecule has 0 aliphatic rings. The minimum Gasteiger partial charge on any atom is -0.325 e. The van der Waals surface area contributed by atoms with E-state index in [1.165, 1.54) is 11.8 Å². The van der Waals surface area contributed by atoms with E-state index in [1.54, 1.807) is 66.7 Å². The highest BCUT2D eigenvalue weighted by atomic mass is 35.5. The van der Waals surface area contributed by atoms with E-state index in [-0.39, 0.29) is 23.3 Å². The summed E-state index contributed by atoms with van der Waals surface area (Å²) in [4.78, 5) is 39.0. The first-order valence-corrected chi connectivity index (χ1v) is 13.1. The number of halogens is 1. The van der Waals surface area contributed by atoms with Gasteiger partial charge in [-0.3, -0.25) is 14.4 Å². The van der Waals surface area contributed by atoms with E-state index in [9.17, 15) is 14.4 Å². The number of benzene rings is 4. The summed E-state index contributed by atoms with van der Waals surface area (Å²) in [5.41, 5.74) is 2.52. The van der Waals surface area contributed by atoms with E-state index in [2.05, 4.69) is 16.0 Å². The third-order valence-corrected chi connectivity index (χ3v) is 6.48. The van der Waals surface area contributed by atoms with Crippen LogP contribution in [-0.2, 0) is 9.59 Å². The average molecular weight is 542 g/mol. The smallest absolute Gasteiger partial charge is 0.272 e. The summed E-state index contributed by atoms with van der Waals surface area (Å²) in [7, 11) is 0. The Labute approximate surface area is 230 Å². The Bertz CT molecular complexity index is 1440. The third kappa shape index (κ3) is 8.09. The van der Waals surface area contributed by atoms with Gasteiger partial charge in [0.25, 0.3) is 11.8 Å². The maximum Gasteiger partial charge on any atom is 0.272 e. The summed E-state index contributed by atoms with van der Waals surface area (Å²) >= 11 is 7.32. The van der Waals surface area contributed by atoms with Crippen LogP contribution in [0.15, 0.2) is 120 Å². The second-order valence-electron chi connectivity index (χ2n) is 8.11. The summed E-state index contributed by atoms with van der Waals surface area (Å²) in [6.45, 7) is 0. The number of nitrogens with one attached hydrogen (secondary N) is 3. The van der Waals surface area contributed by atoms with Crippen molar-refractivity contribution in [2.75, 3.05) is 16.4 Å². The zero-order chi connectivity index (χ0) is 26.7. The van der Waals surface area contributed by atoms with Crippen LogP contribution in [0.25, 0.3) is 6.08 Å². The molecule has 0 bridgehead atoms. The SMILES string of the molecule is O=C(CSc1ccc(NC(=O)/C(=C/c2ccccc2)NC(=O)c2ccccc2)cc1)Nc1cccc(Cl)c1. The normalized spacial score (nSPS) is 10.9. The van der Waals surface area contributed by atoms with Gasteiger partial charge in [-0.15, -0.1) is 11.8 Å². The van der Waals surface area contributed by atoms with Gasteiger partial charge in [0.15, 0.2) is 0 Å². The molecule has 0 radical (unpaired) electrons. The van der Waals surface area contributed by atoms with E-state index in [0.29, 0.717) is 22.0 Å². The Hall–Kier alpha value is -4.33. The lowest BCUT2D eigenvalue weighted by Gasteiger charge is -2.12. The van der Waals surface area contributed by atoms with Gasteiger partial charge >= 0.3 is 0 Å². The summed E-state index contributed by atoms with van der Waals surface area (Å²) < 4.78 is 0. The number of carbonyl (C=O) groups is 3. The quantitative estimate of drug-likeness (QED) is 0.167. The monoisotopic (exact) mass is 541 g/mol. The average Bonchev–Trinajstić information content (AvgIpc) is 2.93. The van der Waals surface area contributed by atoms with Crippen LogP contribution in [0.4, 0.5) is 11.4 Å². The zero-order valence-corrected chi connectivity index (χ0v) is 21.8.